The first-order chi connectivity index (χ1) is 9.65. The van der Waals surface area contributed by atoms with Gasteiger partial charge >= 0.3 is 0 Å². The quantitative estimate of drug-likeness (QED) is 0.834. The van der Waals surface area contributed by atoms with Crippen molar-refractivity contribution in [2.24, 2.45) is 0 Å². The fourth-order valence-corrected chi connectivity index (χ4v) is 2.93. The Bertz CT molecular complexity index is 624. The fraction of sp³-hybridized carbons (Fsp3) is 0.294. The molecule has 1 heterocycles. The van der Waals surface area contributed by atoms with E-state index in [4.69, 9.17) is 0 Å². The van der Waals surface area contributed by atoms with Crippen molar-refractivity contribution in [3.05, 3.63) is 58.1 Å². The van der Waals surface area contributed by atoms with Crippen LogP contribution in [0.2, 0.25) is 0 Å². The van der Waals surface area contributed by atoms with Gasteiger partial charge in [0, 0.05) is 35.0 Å². The lowest BCUT2D eigenvalue weighted by Gasteiger charge is -2.27. The predicted molar refractivity (Wildman–Crippen MR) is 88.6 cm³/mol. The van der Waals surface area contributed by atoms with Gasteiger partial charge < -0.3 is 10.2 Å². The van der Waals surface area contributed by atoms with Crippen molar-refractivity contribution >= 4 is 27.3 Å². The third-order valence-corrected chi connectivity index (χ3v) is 4.72. The van der Waals surface area contributed by atoms with Crippen molar-refractivity contribution in [2.45, 2.75) is 26.4 Å². The topological polar surface area (TPSA) is 15.3 Å². The van der Waals surface area contributed by atoms with E-state index in [2.05, 4.69) is 82.5 Å². The Balaban J connectivity index is 2.08. The first-order valence-corrected chi connectivity index (χ1v) is 7.79. The normalized spacial score (nSPS) is 18.6. The smallest absolute Gasteiger partial charge is 0.0456 e. The van der Waals surface area contributed by atoms with E-state index >= 15 is 0 Å². The summed E-state index contributed by atoms with van der Waals surface area (Å²) in [6.45, 7) is 6.30. The summed E-state index contributed by atoms with van der Waals surface area (Å²) in [6.07, 6.45) is 0. The molecule has 0 aromatic heterocycles. The van der Waals surface area contributed by atoms with E-state index in [9.17, 15) is 0 Å². The van der Waals surface area contributed by atoms with Crippen LogP contribution in [0.5, 0.6) is 0 Å². The highest BCUT2D eigenvalue weighted by molar-refractivity contribution is 9.10. The van der Waals surface area contributed by atoms with Crippen molar-refractivity contribution < 1.29 is 0 Å². The van der Waals surface area contributed by atoms with Crippen LogP contribution in [0.25, 0.3) is 0 Å². The Hall–Kier alpha value is -1.32. The molecule has 1 N–H and O–H groups in total. The highest BCUT2D eigenvalue weighted by Crippen LogP contribution is 2.32. The maximum absolute atomic E-state index is 3.58. The molecule has 0 radical (unpaired) electrons. The van der Waals surface area contributed by atoms with Crippen LogP contribution in [0.3, 0.4) is 0 Å². The third kappa shape index (κ3) is 2.60. The van der Waals surface area contributed by atoms with E-state index in [1.165, 1.54) is 22.5 Å². The highest BCUT2D eigenvalue weighted by Gasteiger charge is 2.20. The molecular weight excluding hydrogens is 312 g/mol. The van der Waals surface area contributed by atoms with Crippen LogP contribution in [-0.4, -0.2) is 12.6 Å². The number of aryl methyl sites for hydroxylation is 1. The average molecular weight is 331 g/mol. The van der Waals surface area contributed by atoms with E-state index in [-0.39, 0.29) is 0 Å². The van der Waals surface area contributed by atoms with Crippen molar-refractivity contribution in [3.8, 4) is 0 Å². The second-order valence-corrected chi connectivity index (χ2v) is 6.31. The van der Waals surface area contributed by atoms with Crippen LogP contribution < -0.4 is 10.2 Å². The summed E-state index contributed by atoms with van der Waals surface area (Å²) >= 11 is 3.58. The molecule has 0 saturated heterocycles. The number of hydrogen-bond donors (Lipinski definition) is 1. The van der Waals surface area contributed by atoms with Gasteiger partial charge in [-0.3, -0.25) is 0 Å². The van der Waals surface area contributed by atoms with Crippen molar-refractivity contribution in [3.63, 3.8) is 0 Å². The van der Waals surface area contributed by atoms with E-state index in [1.807, 2.05) is 0 Å². The van der Waals surface area contributed by atoms with Crippen LogP contribution in [0, 0.1) is 6.92 Å². The molecule has 0 saturated carbocycles. The molecule has 0 bridgehead atoms. The number of halogens is 1. The van der Waals surface area contributed by atoms with Crippen LogP contribution in [0.1, 0.15) is 18.1 Å². The van der Waals surface area contributed by atoms with Crippen LogP contribution in [-0.2, 0) is 6.54 Å². The molecule has 104 valence electrons. The summed E-state index contributed by atoms with van der Waals surface area (Å²) in [4.78, 5) is 2.42. The predicted octanol–water partition coefficient (Wildman–Crippen LogP) is 4.39. The fourth-order valence-electron chi connectivity index (χ4n) is 2.69. The maximum Gasteiger partial charge on any atom is 0.0456 e. The number of benzene rings is 2. The lowest BCUT2D eigenvalue weighted by Crippen LogP contribution is -2.33. The van der Waals surface area contributed by atoms with Gasteiger partial charge in [0.15, 0.2) is 0 Å². The average Bonchev–Trinajstić information content (AvgIpc) is 2.62. The van der Waals surface area contributed by atoms with Crippen molar-refractivity contribution in [1.29, 1.82) is 0 Å². The molecule has 2 aromatic carbocycles. The summed E-state index contributed by atoms with van der Waals surface area (Å²) in [5.41, 5.74) is 5.20. The lowest BCUT2D eigenvalue weighted by atomic mass is 10.1. The van der Waals surface area contributed by atoms with Gasteiger partial charge in [-0.05, 0) is 49.2 Å². The number of hydrogen-bond acceptors (Lipinski definition) is 2. The van der Waals surface area contributed by atoms with Crippen LogP contribution in [0.4, 0.5) is 11.4 Å². The Morgan fingerprint density at radius 1 is 1.20 bits per heavy atom. The van der Waals surface area contributed by atoms with Gasteiger partial charge in [0.05, 0.1) is 0 Å². The van der Waals surface area contributed by atoms with E-state index in [1.54, 1.807) is 0 Å². The molecule has 1 aliphatic heterocycles. The Morgan fingerprint density at radius 2 is 2.00 bits per heavy atom. The number of rotatable bonds is 1. The van der Waals surface area contributed by atoms with Crippen molar-refractivity contribution in [2.75, 3.05) is 11.4 Å². The largest absolute Gasteiger partial charge is 0.340 e. The number of fused-ring (bicyclic) bond motifs is 1. The number of nitrogens with one attached hydrogen (secondary N) is 1. The minimum Gasteiger partial charge on any atom is -0.340 e. The minimum absolute atomic E-state index is 0.464. The number of nitrogens with zero attached hydrogens (tertiary/aromatic N) is 1. The summed E-state index contributed by atoms with van der Waals surface area (Å²) in [7, 11) is 0. The second kappa shape index (κ2) is 5.58. The minimum atomic E-state index is 0.464. The second-order valence-electron chi connectivity index (χ2n) is 5.45. The maximum atomic E-state index is 3.58. The van der Waals surface area contributed by atoms with Crippen molar-refractivity contribution in [1.82, 2.24) is 5.32 Å². The zero-order valence-electron chi connectivity index (χ0n) is 11.9. The van der Waals surface area contributed by atoms with E-state index in [0.717, 1.165) is 17.6 Å². The molecule has 1 aliphatic rings. The first kappa shape index (κ1) is 13.7. The number of para-hydroxylation sites is 1. The zero-order valence-corrected chi connectivity index (χ0v) is 13.4. The van der Waals surface area contributed by atoms with E-state index in [0.29, 0.717) is 6.04 Å². The molecule has 1 atom stereocenters. The molecule has 1 unspecified atom stereocenters. The monoisotopic (exact) mass is 330 g/mol. The molecular formula is C17H19BrN2. The molecule has 0 amide bonds. The standard InChI is InChI=1S/C17H19BrN2/c1-12-9-15(7-8-16(12)18)20-11-13(2)19-10-14-5-3-4-6-17(14)20/h3-9,13,19H,10-11H2,1-2H3. The van der Waals surface area contributed by atoms with Gasteiger partial charge in [-0.25, -0.2) is 0 Å². The van der Waals surface area contributed by atoms with Gasteiger partial charge in [-0.1, -0.05) is 34.1 Å². The lowest BCUT2D eigenvalue weighted by molar-refractivity contribution is 0.568. The summed E-state index contributed by atoms with van der Waals surface area (Å²) < 4.78 is 1.16. The number of anilines is 2. The molecule has 0 spiro atoms. The van der Waals surface area contributed by atoms with Gasteiger partial charge in [0.2, 0.25) is 0 Å². The molecule has 0 aliphatic carbocycles. The van der Waals surface area contributed by atoms with Gasteiger partial charge in [0.1, 0.15) is 0 Å². The summed E-state index contributed by atoms with van der Waals surface area (Å²) in [5, 5.41) is 3.58. The molecule has 0 fully saturated rings. The Labute approximate surface area is 128 Å². The van der Waals surface area contributed by atoms with Crippen LogP contribution in [0.15, 0.2) is 46.9 Å². The molecule has 3 heteroatoms. The third-order valence-electron chi connectivity index (χ3n) is 3.83. The molecule has 2 nitrogen and oxygen atoms in total. The highest BCUT2D eigenvalue weighted by atomic mass is 79.9. The zero-order chi connectivity index (χ0) is 14.1. The SMILES string of the molecule is Cc1cc(N2CC(C)NCc3ccccc32)ccc1Br. The van der Waals surface area contributed by atoms with E-state index < -0.39 is 0 Å². The van der Waals surface area contributed by atoms with Gasteiger partial charge in [-0.2, -0.15) is 0 Å². The Kier molecular flexibility index (Phi) is 3.81. The summed E-state index contributed by atoms with van der Waals surface area (Å²) in [6, 6.07) is 15.7. The van der Waals surface area contributed by atoms with Gasteiger partial charge in [0.25, 0.3) is 0 Å². The Morgan fingerprint density at radius 3 is 2.80 bits per heavy atom. The molecule has 2 aromatic rings. The first-order valence-electron chi connectivity index (χ1n) is 7.00. The summed E-state index contributed by atoms with van der Waals surface area (Å²) in [5.74, 6) is 0. The van der Waals surface area contributed by atoms with Crippen LogP contribution >= 0.6 is 15.9 Å². The molecule has 20 heavy (non-hydrogen) atoms. The molecule has 3 rings (SSSR count). The van der Waals surface area contributed by atoms with Gasteiger partial charge in [-0.15, -0.1) is 0 Å².